The molecular weight excluding hydrogens is 218 g/mol. The molecule has 0 bridgehead atoms. The highest BCUT2D eigenvalue weighted by atomic mass is 35.5. The molecule has 88 valence electrons. The molecule has 0 fully saturated rings. The fourth-order valence-corrected chi connectivity index (χ4v) is 1.85. The molecule has 0 amide bonds. The Hall–Kier alpha value is -1.05. The van der Waals surface area contributed by atoms with Crippen LogP contribution in [0.15, 0.2) is 55.6 Å². The van der Waals surface area contributed by atoms with E-state index in [1.807, 2.05) is 12.2 Å². The largest absolute Gasteiger partial charge is 1.00 e. The maximum absolute atomic E-state index is 3.82. The molecule has 1 nitrogen and oxygen atoms in total. The first-order valence-electron chi connectivity index (χ1n) is 5.29. The van der Waals surface area contributed by atoms with Gasteiger partial charge in [0, 0.05) is 5.56 Å². The number of hydrogen-bond donors (Lipinski definition) is 0. The van der Waals surface area contributed by atoms with Crippen molar-refractivity contribution in [2.24, 2.45) is 0 Å². The van der Waals surface area contributed by atoms with Crippen LogP contribution >= 0.6 is 0 Å². The van der Waals surface area contributed by atoms with Crippen molar-refractivity contribution in [1.29, 1.82) is 0 Å². The average molecular weight is 238 g/mol. The Morgan fingerprint density at radius 1 is 1.06 bits per heavy atom. The summed E-state index contributed by atoms with van der Waals surface area (Å²) in [6.07, 6.45) is 3.96. The van der Waals surface area contributed by atoms with Gasteiger partial charge in [0.1, 0.15) is 6.54 Å². The van der Waals surface area contributed by atoms with Crippen molar-refractivity contribution in [1.82, 2.24) is 0 Å². The minimum absolute atomic E-state index is 0. The lowest BCUT2D eigenvalue weighted by atomic mass is 10.2. The van der Waals surface area contributed by atoms with Gasteiger partial charge in [0.25, 0.3) is 0 Å². The fraction of sp³-hybridized carbons (Fsp3) is 0.286. The molecule has 2 heteroatoms. The van der Waals surface area contributed by atoms with Crippen molar-refractivity contribution in [3.8, 4) is 0 Å². The molecule has 0 saturated carbocycles. The summed E-state index contributed by atoms with van der Waals surface area (Å²) in [4.78, 5) is 0. The van der Waals surface area contributed by atoms with Gasteiger partial charge in [-0.05, 0) is 12.2 Å². The first-order valence-corrected chi connectivity index (χ1v) is 5.29. The van der Waals surface area contributed by atoms with Gasteiger partial charge >= 0.3 is 0 Å². The molecule has 0 aliphatic carbocycles. The van der Waals surface area contributed by atoms with E-state index in [1.54, 1.807) is 0 Å². The molecule has 0 heterocycles. The number of likely N-dealkylation sites (N-methyl/N-ethyl adjacent to an activating group) is 1. The fourth-order valence-electron chi connectivity index (χ4n) is 1.85. The van der Waals surface area contributed by atoms with Gasteiger partial charge in [-0.2, -0.15) is 0 Å². The number of rotatable bonds is 6. The van der Waals surface area contributed by atoms with Crippen LogP contribution in [0.1, 0.15) is 5.56 Å². The maximum Gasteiger partial charge on any atom is 0.105 e. The van der Waals surface area contributed by atoms with E-state index in [1.165, 1.54) is 5.56 Å². The smallest absolute Gasteiger partial charge is 0.105 e. The minimum Gasteiger partial charge on any atom is -1.00 e. The van der Waals surface area contributed by atoms with E-state index in [9.17, 15) is 0 Å². The normalized spacial score (nSPS) is 10.3. The van der Waals surface area contributed by atoms with Crippen LogP contribution in [0.2, 0.25) is 0 Å². The van der Waals surface area contributed by atoms with Gasteiger partial charge in [0.15, 0.2) is 0 Å². The molecule has 1 aromatic carbocycles. The summed E-state index contributed by atoms with van der Waals surface area (Å²) in [5, 5.41) is 0. The third-order valence-corrected chi connectivity index (χ3v) is 2.55. The summed E-state index contributed by atoms with van der Waals surface area (Å²) >= 11 is 0. The highest BCUT2D eigenvalue weighted by molar-refractivity contribution is 5.13. The van der Waals surface area contributed by atoms with E-state index in [0.717, 1.165) is 24.1 Å². The molecule has 1 aromatic rings. The zero-order valence-corrected chi connectivity index (χ0v) is 10.7. The summed E-state index contributed by atoms with van der Waals surface area (Å²) in [5.41, 5.74) is 1.36. The molecule has 1 rings (SSSR count). The van der Waals surface area contributed by atoms with E-state index in [2.05, 4.69) is 50.5 Å². The standard InChI is InChI=1S/C14H20N.ClH/c1-4-11-15(3,12-5-2)13-14-9-7-6-8-10-14;/h4-10H,1-2,11-13H2,3H3;1H/q+1;/p-1. The minimum atomic E-state index is 0. The summed E-state index contributed by atoms with van der Waals surface area (Å²) in [5.74, 6) is 0. The molecule has 0 radical (unpaired) electrons. The van der Waals surface area contributed by atoms with Gasteiger partial charge in [0.2, 0.25) is 0 Å². The van der Waals surface area contributed by atoms with Crippen LogP contribution in [0, 0.1) is 0 Å². The molecule has 0 atom stereocenters. The predicted octanol–water partition coefficient (Wildman–Crippen LogP) is 0.00920. The Balaban J connectivity index is 0.00000225. The topological polar surface area (TPSA) is 0 Å². The van der Waals surface area contributed by atoms with Crippen LogP contribution in [0.5, 0.6) is 0 Å². The van der Waals surface area contributed by atoms with Crippen molar-refractivity contribution in [3.05, 3.63) is 61.2 Å². The van der Waals surface area contributed by atoms with Gasteiger partial charge in [0.05, 0.1) is 20.1 Å². The molecular formula is C14H20ClN. The molecule has 0 spiro atoms. The second kappa shape index (κ2) is 7.26. The van der Waals surface area contributed by atoms with E-state index in [0.29, 0.717) is 0 Å². The highest BCUT2D eigenvalue weighted by Gasteiger charge is 2.18. The van der Waals surface area contributed by atoms with Gasteiger partial charge in [-0.15, -0.1) is 0 Å². The number of quaternary nitrogens is 1. The molecule has 0 saturated heterocycles. The Labute approximate surface area is 105 Å². The second-order valence-electron chi connectivity index (χ2n) is 4.21. The Kier molecular flexibility index (Phi) is 6.78. The quantitative estimate of drug-likeness (QED) is 0.483. The lowest BCUT2D eigenvalue weighted by Gasteiger charge is -2.32. The van der Waals surface area contributed by atoms with E-state index < -0.39 is 0 Å². The first-order chi connectivity index (χ1) is 7.20. The zero-order chi connectivity index (χ0) is 11.1. The third-order valence-electron chi connectivity index (χ3n) is 2.55. The van der Waals surface area contributed by atoms with E-state index in [4.69, 9.17) is 0 Å². The monoisotopic (exact) mass is 237 g/mol. The lowest BCUT2D eigenvalue weighted by Crippen LogP contribution is -3.00. The number of hydrogen-bond acceptors (Lipinski definition) is 0. The number of nitrogens with zero attached hydrogens (tertiary/aromatic N) is 1. The summed E-state index contributed by atoms with van der Waals surface area (Å²) in [7, 11) is 2.23. The lowest BCUT2D eigenvalue weighted by molar-refractivity contribution is -0.911. The highest BCUT2D eigenvalue weighted by Crippen LogP contribution is 2.11. The van der Waals surface area contributed by atoms with Crippen LogP contribution in [-0.2, 0) is 6.54 Å². The van der Waals surface area contributed by atoms with Gasteiger partial charge in [-0.25, -0.2) is 0 Å². The predicted molar refractivity (Wildman–Crippen MR) is 66.5 cm³/mol. The average Bonchev–Trinajstić information content (AvgIpc) is 2.19. The van der Waals surface area contributed by atoms with Crippen molar-refractivity contribution < 1.29 is 16.9 Å². The van der Waals surface area contributed by atoms with Gasteiger partial charge in [-0.1, -0.05) is 43.5 Å². The van der Waals surface area contributed by atoms with Crippen molar-refractivity contribution in [2.45, 2.75) is 6.54 Å². The second-order valence-corrected chi connectivity index (χ2v) is 4.21. The van der Waals surface area contributed by atoms with E-state index >= 15 is 0 Å². The summed E-state index contributed by atoms with van der Waals surface area (Å²) in [6, 6.07) is 10.6. The summed E-state index contributed by atoms with van der Waals surface area (Å²) in [6.45, 7) is 10.6. The molecule has 0 unspecified atom stereocenters. The van der Waals surface area contributed by atoms with E-state index in [-0.39, 0.29) is 12.4 Å². The first kappa shape index (κ1) is 14.9. The SMILES string of the molecule is C=CC[N+](C)(CC=C)Cc1ccccc1.[Cl-]. The van der Waals surface area contributed by atoms with Crippen LogP contribution < -0.4 is 12.4 Å². The number of benzene rings is 1. The molecule has 0 aromatic heterocycles. The van der Waals surface area contributed by atoms with Crippen LogP contribution in [0.3, 0.4) is 0 Å². The molecule has 0 aliphatic heterocycles. The maximum atomic E-state index is 3.82. The van der Waals surface area contributed by atoms with Crippen LogP contribution in [-0.4, -0.2) is 24.6 Å². The molecule has 0 aliphatic rings. The van der Waals surface area contributed by atoms with Crippen molar-refractivity contribution >= 4 is 0 Å². The Bertz CT molecular complexity index is 309. The van der Waals surface area contributed by atoms with Crippen molar-refractivity contribution in [2.75, 3.05) is 20.1 Å². The van der Waals surface area contributed by atoms with Gasteiger partial charge in [-0.3, -0.25) is 0 Å². The Morgan fingerprint density at radius 2 is 1.56 bits per heavy atom. The Morgan fingerprint density at radius 3 is 2.00 bits per heavy atom. The van der Waals surface area contributed by atoms with Gasteiger partial charge < -0.3 is 16.9 Å². The van der Waals surface area contributed by atoms with Crippen molar-refractivity contribution in [3.63, 3.8) is 0 Å². The summed E-state index contributed by atoms with van der Waals surface area (Å²) < 4.78 is 0.941. The number of halogens is 1. The van der Waals surface area contributed by atoms with Crippen LogP contribution in [0.25, 0.3) is 0 Å². The zero-order valence-electron chi connectivity index (χ0n) is 9.90. The third kappa shape index (κ3) is 4.65. The molecule has 0 N–H and O–H groups in total. The van der Waals surface area contributed by atoms with Crippen LogP contribution in [0.4, 0.5) is 0 Å². The molecule has 16 heavy (non-hydrogen) atoms.